The van der Waals surface area contributed by atoms with Gasteiger partial charge in [0.2, 0.25) is 0 Å². The Kier molecular flexibility index (Phi) is 4.24. The molecule has 1 aromatic rings. The van der Waals surface area contributed by atoms with Crippen LogP contribution in [0.2, 0.25) is 0 Å². The summed E-state index contributed by atoms with van der Waals surface area (Å²) in [5.41, 5.74) is 4.05. The molecule has 104 valence electrons. The number of nitrogens with zero attached hydrogens (tertiary/aromatic N) is 1. The fourth-order valence-corrected chi connectivity index (χ4v) is 3.13. The van der Waals surface area contributed by atoms with Gasteiger partial charge in [0.1, 0.15) is 0 Å². The quantitative estimate of drug-likeness (QED) is 0.809. The van der Waals surface area contributed by atoms with Crippen LogP contribution in [0.3, 0.4) is 0 Å². The van der Waals surface area contributed by atoms with Gasteiger partial charge in [0.25, 0.3) is 0 Å². The maximum absolute atomic E-state index is 4.89. The molecule has 19 heavy (non-hydrogen) atoms. The lowest BCUT2D eigenvalue weighted by molar-refractivity contribution is 0.316. The number of anilines is 1. The Hall–Kier alpha value is -0.960. The van der Waals surface area contributed by atoms with Crippen molar-refractivity contribution in [2.75, 3.05) is 11.1 Å². The van der Waals surface area contributed by atoms with E-state index < -0.39 is 0 Å². The summed E-state index contributed by atoms with van der Waals surface area (Å²) in [4.78, 5) is 4.89. The van der Waals surface area contributed by atoms with Gasteiger partial charge in [-0.05, 0) is 42.9 Å². The zero-order valence-corrected chi connectivity index (χ0v) is 13.4. The molecule has 0 saturated heterocycles. The molecule has 0 aromatic heterocycles. The zero-order chi connectivity index (χ0) is 14.0. The molecular formula is C16H24N2S. The predicted molar refractivity (Wildman–Crippen MR) is 87.3 cm³/mol. The van der Waals surface area contributed by atoms with Crippen LogP contribution < -0.4 is 5.32 Å². The lowest BCUT2D eigenvalue weighted by Gasteiger charge is -2.31. The smallest absolute Gasteiger partial charge is 0.161 e. The van der Waals surface area contributed by atoms with E-state index >= 15 is 0 Å². The van der Waals surface area contributed by atoms with Gasteiger partial charge in [-0.2, -0.15) is 0 Å². The van der Waals surface area contributed by atoms with Gasteiger partial charge >= 0.3 is 0 Å². The molecular weight excluding hydrogens is 252 g/mol. The lowest BCUT2D eigenvalue weighted by atomic mass is 9.85. The maximum atomic E-state index is 4.89. The molecule has 0 amide bonds. The van der Waals surface area contributed by atoms with E-state index in [2.05, 4.69) is 58.1 Å². The molecule has 0 aliphatic carbocycles. The Labute approximate surface area is 121 Å². The number of nitrogens with one attached hydrogen (secondary N) is 1. The van der Waals surface area contributed by atoms with E-state index in [4.69, 9.17) is 4.99 Å². The largest absolute Gasteiger partial charge is 0.335 e. The van der Waals surface area contributed by atoms with E-state index in [0.717, 1.165) is 10.9 Å². The summed E-state index contributed by atoms with van der Waals surface area (Å²) in [7, 11) is 0. The molecule has 2 nitrogen and oxygen atoms in total. The minimum absolute atomic E-state index is 0.246. The van der Waals surface area contributed by atoms with E-state index in [-0.39, 0.29) is 5.41 Å². The monoisotopic (exact) mass is 276 g/mol. The van der Waals surface area contributed by atoms with E-state index in [0.29, 0.717) is 6.04 Å². The Morgan fingerprint density at radius 2 is 2.00 bits per heavy atom. The molecule has 0 saturated carbocycles. The normalized spacial score (nSPS) is 20.1. The Balaban J connectivity index is 2.19. The first-order chi connectivity index (χ1) is 8.88. The van der Waals surface area contributed by atoms with Gasteiger partial charge in [-0.1, -0.05) is 44.7 Å². The summed E-state index contributed by atoms with van der Waals surface area (Å²) in [5.74, 6) is 1.15. The van der Waals surface area contributed by atoms with Crippen LogP contribution in [-0.4, -0.2) is 17.0 Å². The number of hydrogen-bond donors (Lipinski definition) is 1. The van der Waals surface area contributed by atoms with Crippen molar-refractivity contribution < 1.29 is 0 Å². The van der Waals surface area contributed by atoms with Gasteiger partial charge in [-0.3, -0.25) is 4.99 Å². The summed E-state index contributed by atoms with van der Waals surface area (Å²) in [5, 5.41) is 4.57. The first-order valence-corrected chi connectivity index (χ1v) is 7.90. The van der Waals surface area contributed by atoms with Crippen LogP contribution >= 0.6 is 11.8 Å². The number of aryl methyl sites for hydroxylation is 1. The van der Waals surface area contributed by atoms with Crippen molar-refractivity contribution in [1.29, 1.82) is 0 Å². The van der Waals surface area contributed by atoms with Crippen LogP contribution in [0.5, 0.6) is 0 Å². The predicted octanol–water partition coefficient (Wildman–Crippen LogP) is 4.62. The second-order valence-electron chi connectivity index (χ2n) is 6.33. The first-order valence-electron chi connectivity index (χ1n) is 6.92. The summed E-state index contributed by atoms with van der Waals surface area (Å²) in [6.07, 6.45) is 1.17. The fraction of sp³-hybridized carbons (Fsp3) is 0.562. The van der Waals surface area contributed by atoms with Crippen molar-refractivity contribution >= 4 is 22.6 Å². The summed E-state index contributed by atoms with van der Waals surface area (Å²) in [6, 6.07) is 6.79. The van der Waals surface area contributed by atoms with Gasteiger partial charge in [0.15, 0.2) is 5.17 Å². The second-order valence-corrected chi connectivity index (χ2v) is 7.41. The summed E-state index contributed by atoms with van der Waals surface area (Å²) < 4.78 is 0. The molecule has 2 rings (SSSR count). The minimum atomic E-state index is 0.246. The minimum Gasteiger partial charge on any atom is -0.335 e. The van der Waals surface area contributed by atoms with Crippen molar-refractivity contribution in [3.8, 4) is 0 Å². The molecule has 0 fully saturated rings. The lowest BCUT2D eigenvalue weighted by Crippen LogP contribution is -2.30. The number of hydrogen-bond acceptors (Lipinski definition) is 3. The third kappa shape index (κ3) is 3.53. The van der Waals surface area contributed by atoms with Crippen LogP contribution in [0.1, 0.15) is 38.3 Å². The first kappa shape index (κ1) is 14.4. The Bertz CT molecular complexity index is 486. The number of aliphatic imine (C=N–C) groups is 1. The highest BCUT2D eigenvalue weighted by atomic mass is 32.2. The molecule has 0 spiro atoms. The zero-order valence-electron chi connectivity index (χ0n) is 12.6. The molecule has 1 aliphatic heterocycles. The molecule has 1 atom stereocenters. The highest BCUT2D eigenvalue weighted by Crippen LogP contribution is 2.31. The van der Waals surface area contributed by atoms with E-state index in [1.807, 2.05) is 11.8 Å². The van der Waals surface area contributed by atoms with Gasteiger partial charge in [-0.25, -0.2) is 0 Å². The van der Waals surface area contributed by atoms with Gasteiger partial charge in [0, 0.05) is 11.4 Å². The molecule has 1 heterocycles. The summed E-state index contributed by atoms with van der Waals surface area (Å²) in [6.45, 7) is 11.1. The van der Waals surface area contributed by atoms with Gasteiger partial charge < -0.3 is 5.32 Å². The van der Waals surface area contributed by atoms with Crippen LogP contribution in [-0.2, 0) is 0 Å². The fourth-order valence-electron chi connectivity index (χ4n) is 2.21. The number of amidine groups is 1. The SMILES string of the molecule is Cc1cccc(NC2=NC(C(C)(C)C)CCS2)c1C. The number of benzene rings is 1. The van der Waals surface area contributed by atoms with Gasteiger partial charge in [-0.15, -0.1) is 0 Å². The number of thioether (sulfide) groups is 1. The highest BCUT2D eigenvalue weighted by Gasteiger charge is 2.27. The highest BCUT2D eigenvalue weighted by molar-refractivity contribution is 8.14. The van der Waals surface area contributed by atoms with Crippen molar-refractivity contribution in [3.63, 3.8) is 0 Å². The third-order valence-electron chi connectivity index (χ3n) is 3.75. The van der Waals surface area contributed by atoms with Crippen molar-refractivity contribution in [1.82, 2.24) is 0 Å². The average molecular weight is 276 g/mol. The molecule has 3 heteroatoms. The number of rotatable bonds is 1. The van der Waals surface area contributed by atoms with Crippen LogP contribution in [0, 0.1) is 19.3 Å². The molecule has 0 bridgehead atoms. The Morgan fingerprint density at radius 1 is 1.26 bits per heavy atom. The second kappa shape index (κ2) is 5.58. The molecule has 0 radical (unpaired) electrons. The van der Waals surface area contributed by atoms with Crippen LogP contribution in [0.15, 0.2) is 23.2 Å². The third-order valence-corrected chi connectivity index (χ3v) is 4.67. The van der Waals surface area contributed by atoms with Crippen LogP contribution in [0.25, 0.3) is 0 Å². The topological polar surface area (TPSA) is 24.4 Å². The molecule has 1 aliphatic rings. The van der Waals surface area contributed by atoms with Gasteiger partial charge in [0.05, 0.1) is 6.04 Å². The standard InChI is InChI=1S/C16H24N2S/c1-11-7-6-8-13(12(11)2)17-15-18-14(9-10-19-15)16(3,4)5/h6-8,14H,9-10H2,1-5H3,(H,17,18). The van der Waals surface area contributed by atoms with Crippen molar-refractivity contribution in [2.45, 2.75) is 47.1 Å². The molecule has 1 aromatic carbocycles. The Morgan fingerprint density at radius 3 is 2.68 bits per heavy atom. The molecule has 1 N–H and O–H groups in total. The van der Waals surface area contributed by atoms with E-state index in [1.54, 1.807) is 0 Å². The maximum Gasteiger partial charge on any atom is 0.161 e. The average Bonchev–Trinajstić information content (AvgIpc) is 2.34. The van der Waals surface area contributed by atoms with Crippen molar-refractivity contribution in [2.24, 2.45) is 10.4 Å². The van der Waals surface area contributed by atoms with Crippen LogP contribution in [0.4, 0.5) is 5.69 Å². The summed E-state index contributed by atoms with van der Waals surface area (Å²) >= 11 is 1.83. The molecule has 1 unspecified atom stereocenters. The van der Waals surface area contributed by atoms with E-state index in [1.165, 1.54) is 23.2 Å². The van der Waals surface area contributed by atoms with E-state index in [9.17, 15) is 0 Å². The van der Waals surface area contributed by atoms with Crippen molar-refractivity contribution in [3.05, 3.63) is 29.3 Å².